The lowest BCUT2D eigenvalue weighted by Gasteiger charge is -2.26. The van der Waals surface area contributed by atoms with Crippen molar-refractivity contribution in [2.75, 3.05) is 31.6 Å². The van der Waals surface area contributed by atoms with Gasteiger partial charge in [-0.05, 0) is 54.1 Å². The summed E-state index contributed by atoms with van der Waals surface area (Å²) in [6, 6.07) is 18.8. The van der Waals surface area contributed by atoms with E-state index in [0.717, 1.165) is 54.3 Å². The van der Waals surface area contributed by atoms with Crippen LogP contribution < -0.4 is 10.1 Å². The van der Waals surface area contributed by atoms with Crippen LogP contribution in [0.1, 0.15) is 21.9 Å². The van der Waals surface area contributed by atoms with E-state index in [0.29, 0.717) is 5.76 Å². The van der Waals surface area contributed by atoms with E-state index in [1.165, 1.54) is 0 Å². The molecule has 0 aliphatic carbocycles. The number of nitrogens with one attached hydrogen (secondary N) is 1. The lowest BCUT2D eigenvalue weighted by Crippen LogP contribution is -2.35. The normalized spacial score (nSPS) is 14.4. The first-order valence-corrected chi connectivity index (χ1v) is 10.6. The minimum atomic E-state index is -0.284. The molecule has 30 heavy (non-hydrogen) atoms. The predicted octanol–water partition coefficient (Wildman–Crippen LogP) is 4.71. The fraction of sp³-hybridized carbons (Fsp3) is 0.261. The van der Waals surface area contributed by atoms with Gasteiger partial charge in [-0.25, -0.2) is 0 Å². The number of anilines is 1. The van der Waals surface area contributed by atoms with Gasteiger partial charge in [0.05, 0.1) is 13.2 Å². The van der Waals surface area contributed by atoms with Crippen molar-refractivity contribution in [1.82, 2.24) is 4.90 Å². The van der Waals surface area contributed by atoms with E-state index >= 15 is 0 Å². The Hall–Kier alpha value is -2.61. The van der Waals surface area contributed by atoms with Gasteiger partial charge in [-0.3, -0.25) is 9.69 Å². The number of carbonyl (C=O) groups excluding carboxylic acids is 1. The SMILES string of the molecule is O=C(Nc1cccc(CN2CCOCC2)c1)c1ccc(COc2ccc(Br)cc2)o1. The lowest BCUT2D eigenvalue weighted by atomic mass is 10.2. The molecule has 0 atom stereocenters. The van der Waals surface area contributed by atoms with Crippen molar-refractivity contribution in [1.29, 1.82) is 0 Å². The highest BCUT2D eigenvalue weighted by atomic mass is 79.9. The third kappa shape index (κ3) is 5.72. The molecule has 1 amide bonds. The molecule has 2 aromatic carbocycles. The van der Waals surface area contributed by atoms with Crippen molar-refractivity contribution >= 4 is 27.5 Å². The van der Waals surface area contributed by atoms with Crippen LogP contribution in [0.15, 0.2) is 69.6 Å². The summed E-state index contributed by atoms with van der Waals surface area (Å²) in [6.07, 6.45) is 0. The fourth-order valence-electron chi connectivity index (χ4n) is 3.22. The van der Waals surface area contributed by atoms with Crippen LogP contribution in [0.3, 0.4) is 0 Å². The van der Waals surface area contributed by atoms with Crippen molar-refractivity contribution in [3.8, 4) is 5.75 Å². The average Bonchev–Trinajstić information content (AvgIpc) is 3.24. The number of nitrogens with zero attached hydrogens (tertiary/aromatic N) is 1. The number of amides is 1. The zero-order valence-corrected chi connectivity index (χ0v) is 18.1. The Balaban J connectivity index is 1.32. The van der Waals surface area contributed by atoms with E-state index in [-0.39, 0.29) is 18.3 Å². The van der Waals surface area contributed by atoms with Gasteiger partial charge in [-0.1, -0.05) is 28.1 Å². The molecule has 156 valence electrons. The number of carbonyl (C=O) groups is 1. The number of hydrogen-bond acceptors (Lipinski definition) is 5. The number of hydrogen-bond donors (Lipinski definition) is 1. The maximum Gasteiger partial charge on any atom is 0.291 e. The molecule has 3 aromatic rings. The van der Waals surface area contributed by atoms with Crippen LogP contribution in [0.5, 0.6) is 5.75 Å². The second-order valence-corrected chi connectivity index (χ2v) is 7.97. The molecule has 7 heteroatoms. The van der Waals surface area contributed by atoms with Crippen LogP contribution in [0.4, 0.5) is 5.69 Å². The predicted molar refractivity (Wildman–Crippen MR) is 118 cm³/mol. The van der Waals surface area contributed by atoms with Crippen molar-refractivity contribution in [3.63, 3.8) is 0 Å². The van der Waals surface area contributed by atoms with E-state index < -0.39 is 0 Å². The third-order valence-electron chi connectivity index (χ3n) is 4.77. The second-order valence-electron chi connectivity index (χ2n) is 7.05. The first-order chi connectivity index (χ1) is 14.7. The molecule has 2 heterocycles. The van der Waals surface area contributed by atoms with Crippen molar-refractivity contribution < 1.29 is 18.7 Å². The number of rotatable bonds is 7. The first kappa shape index (κ1) is 20.7. The zero-order chi connectivity index (χ0) is 20.8. The second kappa shape index (κ2) is 9.93. The smallest absolute Gasteiger partial charge is 0.291 e. The molecule has 1 saturated heterocycles. The Morgan fingerprint density at radius 2 is 1.87 bits per heavy atom. The zero-order valence-electron chi connectivity index (χ0n) is 16.5. The molecule has 0 radical (unpaired) electrons. The topological polar surface area (TPSA) is 63.9 Å². The van der Waals surface area contributed by atoms with Gasteiger partial charge in [0.25, 0.3) is 5.91 Å². The Labute approximate surface area is 183 Å². The fourth-order valence-corrected chi connectivity index (χ4v) is 3.48. The first-order valence-electron chi connectivity index (χ1n) is 9.83. The standard InChI is InChI=1S/C23H23BrN2O4/c24-18-4-6-20(7-5-18)29-16-21-8-9-22(30-21)23(27)25-19-3-1-2-17(14-19)15-26-10-12-28-13-11-26/h1-9,14H,10-13,15-16H2,(H,25,27). The van der Waals surface area contributed by atoms with E-state index in [1.807, 2.05) is 42.5 Å². The van der Waals surface area contributed by atoms with Crippen LogP contribution in [0, 0.1) is 0 Å². The average molecular weight is 471 g/mol. The Kier molecular flexibility index (Phi) is 6.84. The highest BCUT2D eigenvalue weighted by Crippen LogP contribution is 2.19. The summed E-state index contributed by atoms with van der Waals surface area (Å²) < 4.78 is 17.7. The molecule has 4 rings (SSSR count). The molecular weight excluding hydrogens is 448 g/mol. The molecule has 0 saturated carbocycles. The monoisotopic (exact) mass is 470 g/mol. The van der Waals surface area contributed by atoms with Gasteiger partial charge in [0.15, 0.2) is 5.76 Å². The molecule has 0 unspecified atom stereocenters. The van der Waals surface area contributed by atoms with Crippen LogP contribution in [-0.4, -0.2) is 37.1 Å². The molecular formula is C23H23BrN2O4. The lowest BCUT2D eigenvalue weighted by molar-refractivity contribution is 0.0342. The van der Waals surface area contributed by atoms with Crippen molar-refractivity contribution in [2.45, 2.75) is 13.2 Å². The Bertz CT molecular complexity index is 981. The molecule has 6 nitrogen and oxygen atoms in total. The summed E-state index contributed by atoms with van der Waals surface area (Å²) in [4.78, 5) is 14.9. The summed E-state index contributed by atoms with van der Waals surface area (Å²) >= 11 is 3.39. The largest absolute Gasteiger partial charge is 0.486 e. The van der Waals surface area contributed by atoms with E-state index in [1.54, 1.807) is 12.1 Å². The van der Waals surface area contributed by atoms with Gasteiger partial charge in [-0.2, -0.15) is 0 Å². The third-order valence-corrected chi connectivity index (χ3v) is 5.30. The molecule has 1 aliphatic rings. The molecule has 0 bridgehead atoms. The highest BCUT2D eigenvalue weighted by molar-refractivity contribution is 9.10. The maximum atomic E-state index is 12.6. The van der Waals surface area contributed by atoms with Gasteiger partial charge in [0.1, 0.15) is 18.1 Å². The minimum Gasteiger partial charge on any atom is -0.486 e. The summed E-state index contributed by atoms with van der Waals surface area (Å²) in [5.41, 5.74) is 1.90. The van der Waals surface area contributed by atoms with E-state index in [4.69, 9.17) is 13.9 Å². The quantitative estimate of drug-likeness (QED) is 0.541. The number of halogens is 1. The number of morpholine rings is 1. The summed E-state index contributed by atoms with van der Waals surface area (Å²) in [5.74, 6) is 1.29. The van der Waals surface area contributed by atoms with Gasteiger partial charge < -0.3 is 19.2 Å². The molecule has 1 N–H and O–H groups in total. The van der Waals surface area contributed by atoms with E-state index in [2.05, 4.69) is 32.2 Å². The van der Waals surface area contributed by atoms with Crippen molar-refractivity contribution in [2.24, 2.45) is 0 Å². The van der Waals surface area contributed by atoms with Crippen LogP contribution in [-0.2, 0) is 17.9 Å². The molecule has 1 fully saturated rings. The number of ether oxygens (including phenoxy) is 2. The van der Waals surface area contributed by atoms with Crippen molar-refractivity contribution in [3.05, 3.63) is 82.2 Å². The highest BCUT2D eigenvalue weighted by Gasteiger charge is 2.14. The number of furan rings is 1. The van der Waals surface area contributed by atoms with Gasteiger partial charge in [0.2, 0.25) is 0 Å². The molecule has 0 spiro atoms. The molecule has 1 aliphatic heterocycles. The maximum absolute atomic E-state index is 12.6. The van der Waals surface area contributed by atoms with Gasteiger partial charge >= 0.3 is 0 Å². The minimum absolute atomic E-state index is 0.253. The Morgan fingerprint density at radius 1 is 1.07 bits per heavy atom. The van der Waals surface area contributed by atoms with Crippen LogP contribution >= 0.6 is 15.9 Å². The summed E-state index contributed by atoms with van der Waals surface area (Å²) in [7, 11) is 0. The van der Waals surface area contributed by atoms with E-state index in [9.17, 15) is 4.79 Å². The summed E-state index contributed by atoms with van der Waals surface area (Å²) in [5, 5.41) is 2.91. The molecule has 1 aromatic heterocycles. The Morgan fingerprint density at radius 3 is 2.67 bits per heavy atom. The van der Waals surface area contributed by atoms with Gasteiger partial charge in [0, 0.05) is 29.8 Å². The summed E-state index contributed by atoms with van der Waals surface area (Å²) in [6.45, 7) is 4.48. The van der Waals surface area contributed by atoms with Crippen LogP contribution in [0.25, 0.3) is 0 Å². The van der Waals surface area contributed by atoms with Gasteiger partial charge in [-0.15, -0.1) is 0 Å². The van der Waals surface area contributed by atoms with Crippen LogP contribution in [0.2, 0.25) is 0 Å². The number of benzene rings is 2.